The summed E-state index contributed by atoms with van der Waals surface area (Å²) in [6.45, 7) is 6.39. The second-order valence-electron chi connectivity index (χ2n) is 7.95. The molecule has 2 aromatic rings. The van der Waals surface area contributed by atoms with E-state index in [0.29, 0.717) is 0 Å². The van der Waals surface area contributed by atoms with Crippen molar-refractivity contribution in [1.82, 2.24) is 4.90 Å². The summed E-state index contributed by atoms with van der Waals surface area (Å²) in [5.41, 5.74) is 0.854. The Morgan fingerprint density at radius 1 is 1.04 bits per heavy atom. The molecule has 1 aliphatic carbocycles. The number of fused-ring (bicyclic) bond motifs is 1. The van der Waals surface area contributed by atoms with Crippen LogP contribution in [0, 0.1) is 5.92 Å². The molecule has 4 rings (SSSR count). The zero-order valence-corrected chi connectivity index (χ0v) is 15.2. The molecule has 0 unspecified atom stereocenters. The number of quaternary nitrogens is 1. The standard InChI is InChI=1S/C22H28N2O/c1-17-6-4-9-19(16-17)23-12-14-24(15-13-23)22(25)21-11-5-8-18-7-2-3-10-20(18)21/h2-3,5,7-8,10-11,17,19H,4,6,9,12-16H2,1H3/p+1/t17-,19+/m1/s1. The molecule has 2 fully saturated rings. The number of rotatable bonds is 2. The minimum absolute atomic E-state index is 0.202. The molecule has 2 atom stereocenters. The fraction of sp³-hybridized carbons (Fsp3) is 0.500. The van der Waals surface area contributed by atoms with E-state index in [9.17, 15) is 4.79 Å². The Morgan fingerprint density at radius 3 is 2.60 bits per heavy atom. The molecule has 1 N–H and O–H groups in total. The molecule has 1 heterocycles. The van der Waals surface area contributed by atoms with Crippen molar-refractivity contribution < 1.29 is 9.69 Å². The number of benzene rings is 2. The van der Waals surface area contributed by atoms with Gasteiger partial charge in [-0.15, -0.1) is 0 Å². The lowest BCUT2D eigenvalue weighted by atomic mass is 9.86. The SMILES string of the molecule is C[C@@H]1CCC[C@H]([NH+]2CCN(C(=O)c3cccc4ccccc34)CC2)C1. The predicted molar refractivity (Wildman–Crippen MR) is 102 cm³/mol. The summed E-state index contributed by atoms with van der Waals surface area (Å²) in [5.74, 6) is 1.08. The van der Waals surface area contributed by atoms with Crippen LogP contribution in [0.1, 0.15) is 43.0 Å². The lowest BCUT2D eigenvalue weighted by Crippen LogP contribution is -3.18. The first-order chi connectivity index (χ1) is 12.2. The van der Waals surface area contributed by atoms with Crippen LogP contribution in [0.4, 0.5) is 0 Å². The van der Waals surface area contributed by atoms with Crippen molar-refractivity contribution in [3.05, 3.63) is 48.0 Å². The van der Waals surface area contributed by atoms with Gasteiger partial charge >= 0.3 is 0 Å². The molecule has 25 heavy (non-hydrogen) atoms. The molecule has 0 bridgehead atoms. The molecule has 132 valence electrons. The van der Waals surface area contributed by atoms with E-state index in [0.717, 1.165) is 54.5 Å². The third kappa shape index (κ3) is 3.43. The molecule has 3 heteroatoms. The van der Waals surface area contributed by atoms with E-state index in [2.05, 4.69) is 30.0 Å². The van der Waals surface area contributed by atoms with E-state index < -0.39 is 0 Å². The summed E-state index contributed by atoms with van der Waals surface area (Å²) in [7, 11) is 0. The molecule has 2 aromatic carbocycles. The fourth-order valence-electron chi connectivity index (χ4n) is 4.79. The zero-order chi connectivity index (χ0) is 17.2. The van der Waals surface area contributed by atoms with E-state index in [-0.39, 0.29) is 5.91 Å². The molecule has 1 saturated carbocycles. The number of nitrogens with zero attached hydrogens (tertiary/aromatic N) is 1. The number of carbonyl (C=O) groups is 1. The van der Waals surface area contributed by atoms with Gasteiger partial charge in [0.2, 0.25) is 0 Å². The van der Waals surface area contributed by atoms with Gasteiger partial charge in [-0.1, -0.05) is 49.7 Å². The highest BCUT2D eigenvalue weighted by Crippen LogP contribution is 2.23. The van der Waals surface area contributed by atoms with Crippen LogP contribution in [0.3, 0.4) is 0 Å². The van der Waals surface area contributed by atoms with Crippen LogP contribution in [-0.4, -0.2) is 43.0 Å². The van der Waals surface area contributed by atoms with Crippen LogP contribution < -0.4 is 4.90 Å². The maximum Gasteiger partial charge on any atom is 0.254 e. The Labute approximate surface area is 150 Å². The normalized spacial score (nSPS) is 25.2. The summed E-state index contributed by atoms with van der Waals surface area (Å²) >= 11 is 0. The molecule has 1 saturated heterocycles. The molecule has 0 spiro atoms. The first-order valence-corrected chi connectivity index (χ1v) is 9.84. The number of piperazine rings is 1. The van der Waals surface area contributed by atoms with E-state index in [1.165, 1.54) is 25.7 Å². The van der Waals surface area contributed by atoms with Crippen molar-refractivity contribution in [2.24, 2.45) is 5.92 Å². The number of hydrogen-bond donors (Lipinski definition) is 1. The van der Waals surface area contributed by atoms with Gasteiger partial charge in [-0.3, -0.25) is 4.79 Å². The van der Waals surface area contributed by atoms with Crippen LogP contribution in [0.5, 0.6) is 0 Å². The Balaban J connectivity index is 1.44. The van der Waals surface area contributed by atoms with Crippen LogP contribution >= 0.6 is 0 Å². The van der Waals surface area contributed by atoms with E-state index in [4.69, 9.17) is 0 Å². The second-order valence-corrected chi connectivity index (χ2v) is 7.95. The molecule has 0 radical (unpaired) electrons. The molecule has 2 aliphatic rings. The monoisotopic (exact) mass is 337 g/mol. The summed E-state index contributed by atoms with van der Waals surface area (Å²) in [6.07, 6.45) is 5.52. The van der Waals surface area contributed by atoms with Crippen molar-refractivity contribution in [1.29, 1.82) is 0 Å². The lowest BCUT2D eigenvalue weighted by Gasteiger charge is -2.39. The highest BCUT2D eigenvalue weighted by Gasteiger charge is 2.32. The minimum atomic E-state index is 0.202. The van der Waals surface area contributed by atoms with Crippen LogP contribution in [0.25, 0.3) is 10.8 Å². The summed E-state index contributed by atoms with van der Waals surface area (Å²) in [6, 6.07) is 15.1. The minimum Gasteiger partial charge on any atom is -0.330 e. The zero-order valence-electron chi connectivity index (χ0n) is 15.2. The van der Waals surface area contributed by atoms with Crippen molar-refractivity contribution >= 4 is 16.7 Å². The van der Waals surface area contributed by atoms with E-state index in [1.807, 2.05) is 24.3 Å². The van der Waals surface area contributed by atoms with Crippen molar-refractivity contribution in [2.45, 2.75) is 38.6 Å². The molecule has 1 aliphatic heterocycles. The van der Waals surface area contributed by atoms with Crippen molar-refractivity contribution in [3.8, 4) is 0 Å². The highest BCUT2D eigenvalue weighted by molar-refractivity contribution is 6.07. The number of nitrogens with one attached hydrogen (secondary N) is 1. The molecule has 3 nitrogen and oxygen atoms in total. The topological polar surface area (TPSA) is 24.8 Å². The summed E-state index contributed by atoms with van der Waals surface area (Å²) in [5, 5.41) is 2.22. The van der Waals surface area contributed by atoms with Gasteiger partial charge in [-0.25, -0.2) is 0 Å². The van der Waals surface area contributed by atoms with Gasteiger partial charge in [0.25, 0.3) is 5.91 Å². The van der Waals surface area contributed by atoms with Gasteiger partial charge in [0.1, 0.15) is 0 Å². The van der Waals surface area contributed by atoms with E-state index >= 15 is 0 Å². The maximum atomic E-state index is 13.1. The quantitative estimate of drug-likeness (QED) is 0.895. The Hall–Kier alpha value is -1.87. The summed E-state index contributed by atoms with van der Waals surface area (Å²) in [4.78, 5) is 16.9. The van der Waals surface area contributed by atoms with Crippen molar-refractivity contribution in [3.63, 3.8) is 0 Å². The largest absolute Gasteiger partial charge is 0.330 e. The fourth-order valence-corrected chi connectivity index (χ4v) is 4.79. The van der Waals surface area contributed by atoms with Crippen LogP contribution in [-0.2, 0) is 0 Å². The van der Waals surface area contributed by atoms with Gasteiger partial charge in [0, 0.05) is 12.0 Å². The molecule has 0 aromatic heterocycles. The molecular formula is C22H29N2O+. The Kier molecular flexibility index (Phi) is 4.76. The highest BCUT2D eigenvalue weighted by atomic mass is 16.2. The second kappa shape index (κ2) is 7.17. The number of hydrogen-bond acceptors (Lipinski definition) is 1. The Morgan fingerprint density at radius 2 is 1.80 bits per heavy atom. The molecule has 1 amide bonds. The van der Waals surface area contributed by atoms with Gasteiger partial charge in [-0.05, 0) is 35.6 Å². The lowest BCUT2D eigenvalue weighted by molar-refractivity contribution is -0.930. The number of carbonyl (C=O) groups excluding carboxylic acids is 1. The molecular weight excluding hydrogens is 308 g/mol. The average Bonchev–Trinajstić information content (AvgIpc) is 2.67. The van der Waals surface area contributed by atoms with E-state index in [1.54, 1.807) is 4.90 Å². The predicted octanol–water partition coefficient (Wildman–Crippen LogP) is 2.76. The maximum absolute atomic E-state index is 13.1. The Bertz CT molecular complexity index is 743. The van der Waals surface area contributed by atoms with Crippen LogP contribution in [0.2, 0.25) is 0 Å². The van der Waals surface area contributed by atoms with Gasteiger partial charge in [0.05, 0.1) is 32.2 Å². The van der Waals surface area contributed by atoms with Gasteiger partial charge in [0.15, 0.2) is 0 Å². The average molecular weight is 337 g/mol. The first-order valence-electron chi connectivity index (χ1n) is 9.84. The third-order valence-corrected chi connectivity index (χ3v) is 6.23. The van der Waals surface area contributed by atoms with Gasteiger partial charge < -0.3 is 9.80 Å². The van der Waals surface area contributed by atoms with Crippen LogP contribution in [0.15, 0.2) is 42.5 Å². The van der Waals surface area contributed by atoms with Gasteiger partial charge in [-0.2, -0.15) is 0 Å². The smallest absolute Gasteiger partial charge is 0.254 e. The van der Waals surface area contributed by atoms with Crippen molar-refractivity contribution in [2.75, 3.05) is 26.2 Å². The third-order valence-electron chi connectivity index (χ3n) is 6.23. The number of amides is 1. The first kappa shape index (κ1) is 16.6. The summed E-state index contributed by atoms with van der Waals surface area (Å²) < 4.78 is 0.